The van der Waals surface area contributed by atoms with Crippen LogP contribution in [0, 0.1) is 6.92 Å². The molecule has 0 spiro atoms. The third-order valence-corrected chi connectivity index (χ3v) is 3.37. The van der Waals surface area contributed by atoms with E-state index in [0.717, 1.165) is 5.69 Å². The first-order valence-corrected chi connectivity index (χ1v) is 5.88. The van der Waals surface area contributed by atoms with Gasteiger partial charge in [-0.1, -0.05) is 0 Å². The Morgan fingerprint density at radius 1 is 1.69 bits per heavy atom. The number of hydrogen-bond acceptors (Lipinski definition) is 4. The molecule has 1 aromatic rings. The molecule has 1 saturated heterocycles. The Morgan fingerprint density at radius 2 is 2.44 bits per heavy atom. The van der Waals surface area contributed by atoms with Gasteiger partial charge >= 0.3 is 5.97 Å². The number of H-pyrrole nitrogens is 1. The monoisotopic (exact) mass is 241 g/mol. The average molecular weight is 241 g/mol. The van der Waals surface area contributed by atoms with E-state index in [0.29, 0.717) is 11.6 Å². The molecular weight excluding hydrogens is 230 g/mol. The lowest BCUT2D eigenvalue weighted by Crippen LogP contribution is -2.41. The number of aliphatic carboxylic acids is 1. The molecule has 1 fully saturated rings. The summed E-state index contributed by atoms with van der Waals surface area (Å²) in [5.41, 5.74) is 1.05. The van der Waals surface area contributed by atoms with Crippen LogP contribution < -0.4 is 0 Å². The number of carbonyl (C=O) groups is 2. The Morgan fingerprint density at radius 3 is 3.00 bits per heavy atom. The summed E-state index contributed by atoms with van der Waals surface area (Å²) in [6.07, 6.45) is 0. The summed E-state index contributed by atoms with van der Waals surface area (Å²) < 4.78 is 0. The van der Waals surface area contributed by atoms with Crippen molar-refractivity contribution in [3.63, 3.8) is 0 Å². The van der Waals surface area contributed by atoms with E-state index in [1.807, 2.05) is 0 Å². The van der Waals surface area contributed by atoms with Crippen LogP contribution in [-0.4, -0.2) is 49.8 Å². The molecule has 1 aliphatic rings. The molecule has 86 valence electrons. The molecule has 1 unspecified atom stereocenters. The summed E-state index contributed by atoms with van der Waals surface area (Å²) in [7, 11) is 0. The molecule has 0 aliphatic carbocycles. The van der Waals surface area contributed by atoms with Gasteiger partial charge in [-0.25, -0.2) is 4.79 Å². The number of thioether (sulfide) groups is 1. The molecule has 0 saturated carbocycles. The smallest absolute Gasteiger partial charge is 0.327 e. The highest BCUT2D eigenvalue weighted by Gasteiger charge is 2.35. The number of carboxylic acid groups (broad SMARTS) is 1. The van der Waals surface area contributed by atoms with Crippen molar-refractivity contribution in [2.24, 2.45) is 0 Å². The SMILES string of the molecule is Cc1cc(C(=O)N2CSCC2C(=O)O)n[nH]1. The zero-order chi connectivity index (χ0) is 11.7. The van der Waals surface area contributed by atoms with Crippen molar-refractivity contribution >= 4 is 23.6 Å². The zero-order valence-corrected chi connectivity index (χ0v) is 9.45. The lowest BCUT2D eigenvalue weighted by atomic mass is 10.2. The molecule has 1 aliphatic heterocycles. The molecule has 2 N–H and O–H groups in total. The minimum Gasteiger partial charge on any atom is -0.480 e. The van der Waals surface area contributed by atoms with Crippen LogP contribution in [-0.2, 0) is 4.79 Å². The number of rotatable bonds is 2. The third-order valence-electron chi connectivity index (χ3n) is 2.35. The number of nitrogens with one attached hydrogen (secondary N) is 1. The molecule has 2 rings (SSSR count). The first kappa shape index (κ1) is 11.0. The van der Waals surface area contributed by atoms with Crippen molar-refractivity contribution in [2.75, 3.05) is 11.6 Å². The third kappa shape index (κ3) is 1.90. The second kappa shape index (κ2) is 4.17. The van der Waals surface area contributed by atoms with Crippen LogP contribution in [0.15, 0.2) is 6.07 Å². The van der Waals surface area contributed by atoms with Crippen molar-refractivity contribution < 1.29 is 14.7 Å². The number of aryl methyl sites for hydroxylation is 1. The Kier molecular flexibility index (Phi) is 2.86. The van der Waals surface area contributed by atoms with Gasteiger partial charge in [0.2, 0.25) is 0 Å². The van der Waals surface area contributed by atoms with Crippen molar-refractivity contribution in [2.45, 2.75) is 13.0 Å². The summed E-state index contributed by atoms with van der Waals surface area (Å²) in [6, 6.07) is 0.874. The van der Waals surface area contributed by atoms with Crippen LogP contribution in [0.25, 0.3) is 0 Å². The maximum Gasteiger partial charge on any atom is 0.327 e. The lowest BCUT2D eigenvalue weighted by Gasteiger charge is -2.18. The van der Waals surface area contributed by atoms with Crippen LogP contribution in [0.2, 0.25) is 0 Å². The van der Waals surface area contributed by atoms with Crippen LogP contribution in [0.5, 0.6) is 0 Å². The van der Waals surface area contributed by atoms with Crippen LogP contribution in [0.1, 0.15) is 16.2 Å². The number of hydrogen-bond donors (Lipinski definition) is 2. The minimum atomic E-state index is -0.967. The summed E-state index contributed by atoms with van der Waals surface area (Å²) >= 11 is 1.43. The second-order valence-electron chi connectivity index (χ2n) is 3.57. The fourth-order valence-electron chi connectivity index (χ4n) is 1.52. The fourth-order valence-corrected chi connectivity index (χ4v) is 2.67. The molecule has 6 nitrogen and oxygen atoms in total. The van der Waals surface area contributed by atoms with Gasteiger partial charge in [0.25, 0.3) is 5.91 Å². The highest BCUT2D eigenvalue weighted by Crippen LogP contribution is 2.22. The summed E-state index contributed by atoms with van der Waals surface area (Å²) in [4.78, 5) is 24.2. The number of aromatic amines is 1. The van der Waals surface area contributed by atoms with Gasteiger partial charge in [-0.3, -0.25) is 9.89 Å². The van der Waals surface area contributed by atoms with E-state index in [-0.39, 0.29) is 11.6 Å². The van der Waals surface area contributed by atoms with E-state index < -0.39 is 12.0 Å². The zero-order valence-electron chi connectivity index (χ0n) is 8.64. The number of aromatic nitrogens is 2. The summed E-state index contributed by atoms with van der Waals surface area (Å²) in [5, 5.41) is 15.5. The van der Waals surface area contributed by atoms with Gasteiger partial charge in [-0.05, 0) is 13.0 Å². The number of amides is 1. The molecule has 0 radical (unpaired) electrons. The van der Waals surface area contributed by atoms with E-state index in [9.17, 15) is 9.59 Å². The van der Waals surface area contributed by atoms with Gasteiger partial charge in [0.05, 0.1) is 5.88 Å². The number of carbonyl (C=O) groups excluding carboxylic acids is 1. The lowest BCUT2D eigenvalue weighted by molar-refractivity contribution is -0.140. The van der Waals surface area contributed by atoms with Crippen LogP contribution in [0.4, 0.5) is 0 Å². The van der Waals surface area contributed by atoms with Crippen LogP contribution in [0.3, 0.4) is 0 Å². The number of carboxylic acids is 1. The predicted octanol–water partition coefficient (Wildman–Crippen LogP) is 0.318. The quantitative estimate of drug-likeness (QED) is 0.778. The maximum absolute atomic E-state index is 11.9. The van der Waals surface area contributed by atoms with Gasteiger partial charge in [-0.15, -0.1) is 11.8 Å². The highest BCUT2D eigenvalue weighted by molar-refractivity contribution is 7.99. The first-order valence-electron chi connectivity index (χ1n) is 4.73. The van der Waals surface area contributed by atoms with Gasteiger partial charge in [-0.2, -0.15) is 5.10 Å². The largest absolute Gasteiger partial charge is 0.480 e. The van der Waals surface area contributed by atoms with Gasteiger partial charge < -0.3 is 10.0 Å². The Balaban J connectivity index is 2.18. The standard InChI is InChI=1S/C9H11N3O3S/c1-5-2-6(11-10-5)8(13)12-4-16-3-7(12)9(14)15/h2,7H,3-4H2,1H3,(H,10,11)(H,14,15). The summed E-state index contributed by atoms with van der Waals surface area (Å²) in [6.45, 7) is 1.79. The van der Waals surface area contributed by atoms with Gasteiger partial charge in [0, 0.05) is 11.4 Å². The maximum atomic E-state index is 11.9. The van der Waals surface area contributed by atoms with E-state index in [1.54, 1.807) is 13.0 Å². The Labute approximate surface area is 96.0 Å². The highest BCUT2D eigenvalue weighted by atomic mass is 32.2. The number of nitrogens with zero attached hydrogens (tertiary/aromatic N) is 2. The average Bonchev–Trinajstić information content (AvgIpc) is 2.84. The van der Waals surface area contributed by atoms with E-state index in [1.165, 1.54) is 16.7 Å². The molecule has 7 heteroatoms. The predicted molar refractivity (Wildman–Crippen MR) is 58.2 cm³/mol. The Bertz CT molecular complexity index is 431. The van der Waals surface area contributed by atoms with Crippen molar-refractivity contribution in [3.8, 4) is 0 Å². The molecule has 0 bridgehead atoms. The fraction of sp³-hybridized carbons (Fsp3) is 0.444. The Hall–Kier alpha value is -1.50. The summed E-state index contributed by atoms with van der Waals surface area (Å²) in [5.74, 6) is -0.459. The molecule has 2 heterocycles. The van der Waals surface area contributed by atoms with E-state index in [2.05, 4.69) is 10.2 Å². The molecule has 0 aromatic carbocycles. The molecule has 16 heavy (non-hydrogen) atoms. The topological polar surface area (TPSA) is 86.3 Å². The van der Waals surface area contributed by atoms with Crippen molar-refractivity contribution in [3.05, 3.63) is 17.5 Å². The molecule has 1 amide bonds. The van der Waals surface area contributed by atoms with E-state index >= 15 is 0 Å². The van der Waals surface area contributed by atoms with Gasteiger partial charge in [0.1, 0.15) is 11.7 Å². The van der Waals surface area contributed by atoms with Crippen molar-refractivity contribution in [1.82, 2.24) is 15.1 Å². The molecular formula is C9H11N3O3S. The normalized spacial score (nSPS) is 20.1. The minimum absolute atomic E-state index is 0.270. The van der Waals surface area contributed by atoms with E-state index in [4.69, 9.17) is 5.11 Å². The van der Waals surface area contributed by atoms with Crippen molar-refractivity contribution in [1.29, 1.82) is 0 Å². The van der Waals surface area contributed by atoms with Crippen LogP contribution >= 0.6 is 11.8 Å². The van der Waals surface area contributed by atoms with Gasteiger partial charge in [0.15, 0.2) is 0 Å². The first-order chi connectivity index (χ1) is 7.59. The second-order valence-corrected chi connectivity index (χ2v) is 4.56. The molecule has 1 atom stereocenters. The molecule has 1 aromatic heterocycles.